The van der Waals surface area contributed by atoms with Crippen molar-refractivity contribution in [3.63, 3.8) is 0 Å². The molecule has 60 heavy (non-hydrogen) atoms. The molecule has 17 heteroatoms. The summed E-state index contributed by atoms with van der Waals surface area (Å²) in [4.78, 5) is 44.9. The van der Waals surface area contributed by atoms with Crippen molar-refractivity contribution >= 4 is 41.3 Å². The van der Waals surface area contributed by atoms with Crippen LogP contribution in [0, 0.1) is 25.2 Å². The molecule has 0 radical (unpaired) electrons. The minimum absolute atomic E-state index is 0.00582. The average molecular weight is 861 g/mol. The third-order valence-electron chi connectivity index (χ3n) is 12.9. The van der Waals surface area contributed by atoms with E-state index in [1.807, 2.05) is 27.0 Å². The molecule has 4 bridgehead atoms. The van der Waals surface area contributed by atoms with E-state index in [1.54, 1.807) is 12.1 Å². The normalized spacial score (nSPS) is 27.4. The van der Waals surface area contributed by atoms with Gasteiger partial charge in [0.2, 0.25) is 6.79 Å². The molecule has 0 saturated carbocycles. The number of fused-ring (bicyclic) bond motifs is 9. The van der Waals surface area contributed by atoms with Crippen molar-refractivity contribution in [1.29, 1.82) is 5.26 Å². The lowest BCUT2D eigenvalue weighted by Crippen LogP contribution is -2.69. The first kappa shape index (κ1) is 40.5. The van der Waals surface area contributed by atoms with Crippen LogP contribution >= 0.6 is 23.4 Å². The summed E-state index contributed by atoms with van der Waals surface area (Å²) in [6.07, 6.45) is 0.989. The first-order valence-electron chi connectivity index (χ1n) is 19.8. The number of aromatic hydroxyl groups is 1. The zero-order valence-corrected chi connectivity index (χ0v) is 35.6. The number of nitrogens with zero attached hydrogens (tertiary/aromatic N) is 3. The zero-order valence-electron chi connectivity index (χ0n) is 34.0. The fourth-order valence-corrected chi connectivity index (χ4v) is 12.3. The van der Waals surface area contributed by atoms with Gasteiger partial charge in [-0.3, -0.25) is 24.7 Å². The van der Waals surface area contributed by atoms with Crippen molar-refractivity contribution in [2.24, 2.45) is 0 Å². The van der Waals surface area contributed by atoms with E-state index in [0.717, 1.165) is 16.7 Å². The minimum atomic E-state index is -1.43. The van der Waals surface area contributed by atoms with Crippen LogP contribution in [-0.2, 0) is 37.5 Å². The summed E-state index contributed by atoms with van der Waals surface area (Å²) in [5.74, 6) is 0.646. The van der Waals surface area contributed by atoms with Gasteiger partial charge in [-0.1, -0.05) is 6.07 Å². The Hall–Kier alpha value is -4.92. The van der Waals surface area contributed by atoms with E-state index in [1.165, 1.54) is 32.9 Å². The van der Waals surface area contributed by atoms with E-state index in [9.17, 15) is 24.8 Å². The second-order valence-corrected chi connectivity index (χ2v) is 17.5. The number of nitrogens with one attached hydrogen (secondary N) is 1. The van der Waals surface area contributed by atoms with Crippen molar-refractivity contribution in [1.82, 2.24) is 15.1 Å². The Morgan fingerprint density at radius 1 is 1.05 bits per heavy atom. The van der Waals surface area contributed by atoms with E-state index < -0.39 is 52.9 Å². The summed E-state index contributed by atoms with van der Waals surface area (Å²) in [7, 11) is 4.97. The number of alkyl halides is 1. The highest BCUT2D eigenvalue weighted by Gasteiger charge is 2.62. The molecule has 1 spiro atoms. The Morgan fingerprint density at radius 3 is 2.55 bits per heavy atom. The van der Waals surface area contributed by atoms with Gasteiger partial charge in [-0.25, -0.2) is 4.79 Å². The maximum absolute atomic E-state index is 15.0. The Kier molecular flexibility index (Phi) is 10.3. The van der Waals surface area contributed by atoms with Crippen molar-refractivity contribution in [2.75, 3.05) is 52.8 Å². The Balaban J connectivity index is 1.29. The fourth-order valence-electron chi connectivity index (χ4n) is 10.5. The van der Waals surface area contributed by atoms with Gasteiger partial charge >= 0.3 is 17.9 Å². The van der Waals surface area contributed by atoms with Gasteiger partial charge in [0.1, 0.15) is 18.4 Å². The lowest BCUT2D eigenvalue weighted by atomic mass is 9.71. The number of carbonyl (C=O) groups is 3. The molecule has 3 aromatic carbocycles. The number of carbonyl (C=O) groups excluding carboxylic acids is 3. The summed E-state index contributed by atoms with van der Waals surface area (Å²) in [5, 5.41) is 26.2. The number of halogens is 1. The van der Waals surface area contributed by atoms with E-state index in [4.69, 9.17) is 44.8 Å². The highest BCUT2D eigenvalue weighted by Crippen LogP contribution is 2.64. The predicted molar refractivity (Wildman–Crippen MR) is 217 cm³/mol. The molecule has 15 nitrogen and oxygen atoms in total. The van der Waals surface area contributed by atoms with Crippen LogP contribution in [0.25, 0.3) is 0 Å². The van der Waals surface area contributed by atoms with Gasteiger partial charge in [-0.15, -0.1) is 23.4 Å². The number of piperazine rings is 1. The molecule has 2 N–H and O–H groups in total. The first-order chi connectivity index (χ1) is 28.9. The molecule has 10 rings (SSSR count). The molecule has 0 aromatic heterocycles. The zero-order chi connectivity index (χ0) is 42.4. The molecule has 7 atom stereocenters. The number of phenols is 1. The smallest absolute Gasteiger partial charge is 0.331 e. The number of phenolic OH excluding ortho intramolecular Hbond substituents is 1. The van der Waals surface area contributed by atoms with E-state index in [-0.39, 0.29) is 54.7 Å². The molecule has 2 fully saturated rings. The molecular weight excluding hydrogens is 816 g/mol. The van der Waals surface area contributed by atoms with Crippen LogP contribution in [0.2, 0.25) is 0 Å². The second-order valence-electron chi connectivity index (χ2n) is 16.0. The number of thioether (sulfide) groups is 1. The maximum atomic E-state index is 15.0. The summed E-state index contributed by atoms with van der Waals surface area (Å²) < 4.78 is 42.1. The Labute approximate surface area is 356 Å². The van der Waals surface area contributed by atoms with Crippen molar-refractivity contribution in [3.05, 3.63) is 62.7 Å². The van der Waals surface area contributed by atoms with Crippen LogP contribution in [0.3, 0.4) is 0 Å². The van der Waals surface area contributed by atoms with Crippen molar-refractivity contribution in [2.45, 2.75) is 81.0 Å². The number of methoxy groups -OCH3 is 2. The quantitative estimate of drug-likeness (QED) is 0.196. The van der Waals surface area contributed by atoms with Gasteiger partial charge in [-0.05, 0) is 68.1 Å². The van der Waals surface area contributed by atoms with Crippen LogP contribution in [0.15, 0.2) is 18.2 Å². The maximum Gasteiger partial charge on any atom is 0.331 e. The van der Waals surface area contributed by atoms with Gasteiger partial charge in [-0.2, -0.15) is 5.26 Å². The molecular formula is C43H45ClN4O11S. The number of rotatable bonds is 6. The number of esters is 3. The first-order valence-corrected chi connectivity index (χ1v) is 21.4. The van der Waals surface area contributed by atoms with Crippen LogP contribution in [-0.4, -0.2) is 104 Å². The second kappa shape index (κ2) is 15.2. The molecule has 316 valence electrons. The Bertz CT molecular complexity index is 2390. The fraction of sp³-hybridized carbons (Fsp3) is 0.488. The molecule has 3 aromatic rings. The van der Waals surface area contributed by atoms with Crippen LogP contribution < -0.4 is 33.7 Å². The average Bonchev–Trinajstić information content (AvgIpc) is 3.71. The molecule has 7 heterocycles. The monoisotopic (exact) mass is 860 g/mol. The lowest BCUT2D eigenvalue weighted by Gasteiger charge is -2.62. The Morgan fingerprint density at radius 2 is 1.83 bits per heavy atom. The molecule has 1 unspecified atom stereocenters. The highest BCUT2D eigenvalue weighted by atomic mass is 35.5. The highest BCUT2D eigenvalue weighted by molar-refractivity contribution is 7.99. The van der Waals surface area contributed by atoms with E-state index in [2.05, 4.69) is 21.2 Å². The van der Waals surface area contributed by atoms with E-state index in [0.29, 0.717) is 70.2 Å². The van der Waals surface area contributed by atoms with Gasteiger partial charge in [0, 0.05) is 59.4 Å². The number of likely N-dealkylation sites (N-methyl/N-ethyl adjacent to an activating group) is 1. The van der Waals surface area contributed by atoms with Crippen LogP contribution in [0.5, 0.6) is 40.2 Å². The number of hydrogen-bond acceptors (Lipinski definition) is 16. The standard InChI is InChI=1S/C43H45ClN4O11S/c1-19-11-23-12-25-26(15-45)48-27-16-55-42(52)43(24-14-28(53-5)29(59-30(50)7-9-44)13-22(24)8-10-46-43)17-60-41(35(48)34(47(25)4)31(23)36(51)37(19)54-6)33-32(27)40-39(56-18-57-40)20(2)38(33)58-21(3)49/h11,13-14,25-27,34-35,41,46,51H,7-10,12,16-18H2,1-6H3/t25-,26-,27-,34-,35?,41+,43+/m0/s1. The number of hydrogen-bond donors (Lipinski definition) is 2. The molecule has 7 aliphatic rings. The molecule has 0 aliphatic carbocycles. The molecule has 7 aliphatic heterocycles. The third-order valence-corrected chi connectivity index (χ3v) is 14.6. The lowest BCUT2D eigenvalue weighted by molar-refractivity contribution is -0.157. The topological polar surface area (TPSA) is 178 Å². The van der Waals surface area contributed by atoms with Gasteiger partial charge < -0.3 is 38.3 Å². The van der Waals surface area contributed by atoms with Crippen molar-refractivity contribution < 1.29 is 52.6 Å². The van der Waals surface area contributed by atoms with Crippen LogP contribution in [0.4, 0.5) is 0 Å². The minimum Gasteiger partial charge on any atom is -0.504 e. The molecule has 0 amide bonds. The number of ether oxygens (including phenoxy) is 7. The SMILES string of the molecule is COc1cc2c(cc1OC(=O)CCCl)CCN[C@]21CS[C@@H]2c3c(OC(C)=O)c(C)c4c(c3[C@H](COC1=O)N1C2[C@@H]2c3c(cc(C)c(OC)c3O)C[C@@H]([C@@H]1C#N)N2C)OCO4. The summed E-state index contributed by atoms with van der Waals surface area (Å²) in [6, 6.07) is 5.24. The van der Waals surface area contributed by atoms with Gasteiger partial charge in [0.05, 0.1) is 44.0 Å². The molecule has 2 saturated heterocycles. The number of aryl methyl sites for hydroxylation is 1. The van der Waals surface area contributed by atoms with Gasteiger partial charge in [0.25, 0.3) is 0 Å². The summed E-state index contributed by atoms with van der Waals surface area (Å²) >= 11 is 7.28. The van der Waals surface area contributed by atoms with Crippen LogP contribution in [0.1, 0.15) is 75.2 Å². The van der Waals surface area contributed by atoms with E-state index >= 15 is 0 Å². The number of nitriles is 1. The summed E-state index contributed by atoms with van der Waals surface area (Å²) in [6.45, 7) is 5.16. The predicted octanol–water partition coefficient (Wildman–Crippen LogP) is 4.82. The summed E-state index contributed by atoms with van der Waals surface area (Å²) in [5.41, 5.74) is 4.19. The van der Waals surface area contributed by atoms with Crippen molar-refractivity contribution in [3.8, 4) is 46.3 Å². The number of benzene rings is 3. The van der Waals surface area contributed by atoms with Gasteiger partial charge in [0.15, 0.2) is 40.0 Å². The third kappa shape index (κ3) is 5.91. The largest absolute Gasteiger partial charge is 0.504 e.